The van der Waals surface area contributed by atoms with Crippen molar-refractivity contribution in [1.82, 2.24) is 15.5 Å². The molecule has 33 heavy (non-hydrogen) atoms. The van der Waals surface area contributed by atoms with Gasteiger partial charge in [-0.15, -0.1) is 12.6 Å². The van der Waals surface area contributed by atoms with Crippen LogP contribution < -0.4 is 16.4 Å². The minimum atomic E-state index is -1.37. The number of nitrogens with one attached hydrogen (secondary N) is 2. The Hall–Kier alpha value is -2.67. The molecule has 0 aromatic rings. The molecule has 0 saturated carbocycles. The first kappa shape index (κ1) is 28.4. The Balaban J connectivity index is 3.00. The molecule has 186 valence electrons. The zero-order valence-corrected chi connectivity index (χ0v) is 19.5. The summed E-state index contributed by atoms with van der Waals surface area (Å²) in [6.45, 7) is 3.80. The first-order valence-electron chi connectivity index (χ1n) is 10.7. The molecule has 1 aliphatic heterocycles. The van der Waals surface area contributed by atoms with Crippen molar-refractivity contribution in [2.75, 3.05) is 6.54 Å². The Morgan fingerprint density at radius 1 is 1.09 bits per heavy atom. The Labute approximate surface area is 197 Å². The number of amides is 3. The molecule has 5 atom stereocenters. The zero-order valence-electron chi connectivity index (χ0n) is 18.7. The molecule has 1 rings (SSSR count). The molecule has 1 heterocycles. The lowest BCUT2D eigenvalue weighted by Crippen LogP contribution is -2.57. The predicted molar refractivity (Wildman–Crippen MR) is 119 cm³/mol. The van der Waals surface area contributed by atoms with Crippen LogP contribution in [0.1, 0.15) is 52.4 Å². The average Bonchev–Trinajstić information content (AvgIpc) is 3.23. The third kappa shape index (κ3) is 8.65. The number of nitrogens with zero attached hydrogens (tertiary/aromatic N) is 1. The van der Waals surface area contributed by atoms with Gasteiger partial charge < -0.3 is 31.5 Å². The molecular weight excluding hydrogens is 456 g/mol. The normalized spacial score (nSPS) is 19.2. The highest BCUT2D eigenvalue weighted by Crippen LogP contribution is 2.20. The van der Waals surface area contributed by atoms with Gasteiger partial charge in [-0.2, -0.15) is 0 Å². The van der Waals surface area contributed by atoms with E-state index < -0.39 is 71.8 Å². The van der Waals surface area contributed by atoms with Crippen LogP contribution in [0.25, 0.3) is 0 Å². The standard InChI is InChI=1S/C20H32N4O8S/c1-3-10(2)16(21)18(30)22-11(6-7-14(25)26)19(31)24-8-4-5-13(24)17(29)23-12(20(32)33)9-15(27)28/h10-13,16H,3-9,21H2,1-2H3,(H,22,30)(H,23,29)(H,25,26)(H,27,28)(H,32,33)/t10-,11-,12-,13-,16-/m0/s1. The third-order valence-corrected chi connectivity index (χ3v) is 5.96. The molecule has 0 radical (unpaired) electrons. The Kier molecular flexibility index (Phi) is 11.3. The Morgan fingerprint density at radius 2 is 1.73 bits per heavy atom. The highest BCUT2D eigenvalue weighted by molar-refractivity contribution is 7.96. The maximum absolute atomic E-state index is 13.2. The average molecular weight is 489 g/mol. The SMILES string of the molecule is CC[C@H](C)[C@H](N)C(=O)N[C@@H](CCC(=O)O)C(=O)N1CCC[C@H]1C(=O)N[C@@H](CC(=O)O)C(=O)S. The van der Waals surface area contributed by atoms with Gasteiger partial charge in [0.2, 0.25) is 22.8 Å². The van der Waals surface area contributed by atoms with Crippen LogP contribution in [0.2, 0.25) is 0 Å². The van der Waals surface area contributed by atoms with Gasteiger partial charge in [-0.3, -0.25) is 28.8 Å². The summed E-state index contributed by atoms with van der Waals surface area (Å²) in [7, 11) is 0. The second-order valence-corrected chi connectivity index (χ2v) is 8.53. The summed E-state index contributed by atoms with van der Waals surface area (Å²) in [5.74, 6) is -4.62. The minimum absolute atomic E-state index is 0.171. The maximum atomic E-state index is 13.2. The zero-order chi connectivity index (χ0) is 25.3. The lowest BCUT2D eigenvalue weighted by molar-refractivity contribution is -0.144. The minimum Gasteiger partial charge on any atom is -0.481 e. The Bertz CT molecular complexity index is 777. The van der Waals surface area contributed by atoms with Crippen molar-refractivity contribution in [2.24, 2.45) is 11.7 Å². The van der Waals surface area contributed by atoms with Crippen molar-refractivity contribution in [2.45, 2.75) is 76.5 Å². The van der Waals surface area contributed by atoms with Crippen LogP contribution in [0, 0.1) is 5.92 Å². The van der Waals surface area contributed by atoms with Crippen molar-refractivity contribution in [3.8, 4) is 0 Å². The smallest absolute Gasteiger partial charge is 0.305 e. The largest absolute Gasteiger partial charge is 0.481 e. The number of carboxylic acid groups (broad SMARTS) is 2. The number of thiol groups is 1. The third-order valence-electron chi connectivity index (χ3n) is 5.65. The summed E-state index contributed by atoms with van der Waals surface area (Å²) in [4.78, 5) is 73.2. The van der Waals surface area contributed by atoms with Crippen molar-refractivity contribution in [3.63, 3.8) is 0 Å². The first-order chi connectivity index (χ1) is 15.4. The van der Waals surface area contributed by atoms with E-state index in [1.165, 1.54) is 4.90 Å². The van der Waals surface area contributed by atoms with E-state index in [1.54, 1.807) is 6.92 Å². The molecule has 13 heteroatoms. The first-order valence-corrected chi connectivity index (χ1v) is 11.2. The fraction of sp³-hybridized carbons (Fsp3) is 0.700. The van der Waals surface area contributed by atoms with Gasteiger partial charge in [0, 0.05) is 13.0 Å². The molecule has 12 nitrogen and oxygen atoms in total. The maximum Gasteiger partial charge on any atom is 0.305 e. The highest BCUT2D eigenvalue weighted by Gasteiger charge is 2.39. The van der Waals surface area contributed by atoms with E-state index >= 15 is 0 Å². The molecule has 1 aliphatic rings. The molecule has 3 amide bonds. The number of nitrogens with two attached hydrogens (primary N) is 1. The number of likely N-dealkylation sites (tertiary alicyclic amines) is 1. The fourth-order valence-corrected chi connectivity index (χ4v) is 3.61. The van der Waals surface area contributed by atoms with E-state index in [0.717, 1.165) is 0 Å². The molecule has 0 aromatic carbocycles. The summed E-state index contributed by atoms with van der Waals surface area (Å²) in [6, 6.07) is -4.48. The summed E-state index contributed by atoms with van der Waals surface area (Å²) >= 11 is 3.60. The molecule has 0 aliphatic carbocycles. The highest BCUT2D eigenvalue weighted by atomic mass is 32.1. The van der Waals surface area contributed by atoms with Gasteiger partial charge in [0.1, 0.15) is 18.1 Å². The van der Waals surface area contributed by atoms with E-state index in [9.17, 15) is 28.8 Å². The number of aliphatic carboxylic acids is 2. The van der Waals surface area contributed by atoms with E-state index in [0.29, 0.717) is 12.8 Å². The van der Waals surface area contributed by atoms with Gasteiger partial charge in [-0.1, -0.05) is 20.3 Å². The van der Waals surface area contributed by atoms with Crippen LogP contribution in [0.3, 0.4) is 0 Å². The van der Waals surface area contributed by atoms with Crippen molar-refractivity contribution in [1.29, 1.82) is 0 Å². The van der Waals surface area contributed by atoms with Crippen LogP contribution in [0.4, 0.5) is 0 Å². The molecule has 0 unspecified atom stereocenters. The van der Waals surface area contributed by atoms with Crippen LogP contribution >= 0.6 is 12.6 Å². The molecule has 1 saturated heterocycles. The van der Waals surface area contributed by atoms with E-state index in [1.807, 2.05) is 6.92 Å². The quantitative estimate of drug-likeness (QED) is 0.178. The van der Waals surface area contributed by atoms with E-state index in [4.69, 9.17) is 15.9 Å². The van der Waals surface area contributed by atoms with E-state index in [-0.39, 0.29) is 25.3 Å². The number of carbonyl (C=O) groups is 6. The topological polar surface area (TPSA) is 196 Å². The lowest BCUT2D eigenvalue weighted by Gasteiger charge is -2.30. The Morgan fingerprint density at radius 3 is 2.24 bits per heavy atom. The number of hydrogen-bond donors (Lipinski definition) is 6. The van der Waals surface area contributed by atoms with Crippen LogP contribution in [0.15, 0.2) is 0 Å². The molecule has 0 aromatic heterocycles. The van der Waals surface area contributed by atoms with Crippen LogP contribution in [-0.2, 0) is 28.8 Å². The van der Waals surface area contributed by atoms with Crippen molar-refractivity contribution in [3.05, 3.63) is 0 Å². The van der Waals surface area contributed by atoms with Gasteiger partial charge in [-0.05, 0) is 25.2 Å². The summed E-state index contributed by atoms with van der Waals surface area (Å²) in [6.07, 6.45) is 0.0689. The fourth-order valence-electron chi connectivity index (χ4n) is 3.45. The van der Waals surface area contributed by atoms with Crippen molar-refractivity contribution >= 4 is 47.4 Å². The molecule has 0 bridgehead atoms. The van der Waals surface area contributed by atoms with Crippen LogP contribution in [0.5, 0.6) is 0 Å². The predicted octanol–water partition coefficient (Wildman–Crippen LogP) is -0.884. The van der Waals surface area contributed by atoms with Crippen LogP contribution in [-0.4, -0.2) is 80.6 Å². The number of carbonyl (C=O) groups excluding carboxylic acids is 4. The summed E-state index contributed by atoms with van der Waals surface area (Å²) in [5, 5.41) is 21.9. The monoisotopic (exact) mass is 488 g/mol. The second-order valence-electron chi connectivity index (χ2n) is 8.09. The van der Waals surface area contributed by atoms with Gasteiger partial charge in [-0.25, -0.2) is 0 Å². The van der Waals surface area contributed by atoms with E-state index in [2.05, 4.69) is 23.3 Å². The second kappa shape index (κ2) is 13.1. The van der Waals surface area contributed by atoms with Gasteiger partial charge >= 0.3 is 11.9 Å². The van der Waals surface area contributed by atoms with Gasteiger partial charge in [0.05, 0.1) is 12.5 Å². The summed E-state index contributed by atoms with van der Waals surface area (Å²) < 4.78 is 0. The summed E-state index contributed by atoms with van der Waals surface area (Å²) in [5.41, 5.74) is 5.92. The number of hydrogen-bond acceptors (Lipinski definition) is 7. The lowest BCUT2D eigenvalue weighted by atomic mass is 9.98. The van der Waals surface area contributed by atoms with Gasteiger partial charge in [0.25, 0.3) is 0 Å². The van der Waals surface area contributed by atoms with Crippen molar-refractivity contribution < 1.29 is 39.0 Å². The molecule has 6 N–H and O–H groups in total. The molecular formula is C20H32N4O8S. The molecule has 0 spiro atoms. The molecule has 1 fully saturated rings. The number of rotatable bonds is 13. The number of carboxylic acids is 2. The van der Waals surface area contributed by atoms with Gasteiger partial charge in [0.15, 0.2) is 0 Å².